The van der Waals surface area contributed by atoms with Gasteiger partial charge >= 0.3 is 0 Å². The zero-order valence-corrected chi connectivity index (χ0v) is 19.2. The van der Waals surface area contributed by atoms with Gasteiger partial charge in [-0.3, -0.25) is 0 Å². The highest BCUT2D eigenvalue weighted by Crippen LogP contribution is 2.31. The molecule has 0 aromatic heterocycles. The molecule has 0 radical (unpaired) electrons. The summed E-state index contributed by atoms with van der Waals surface area (Å²) in [4.78, 5) is 0. The first-order valence-corrected chi connectivity index (χ1v) is 11.0. The van der Waals surface area contributed by atoms with Gasteiger partial charge in [-0.15, -0.1) is 0 Å². The maximum Gasteiger partial charge on any atom is 0.0727 e. The summed E-state index contributed by atoms with van der Waals surface area (Å²) in [6.07, 6.45) is 0. The summed E-state index contributed by atoms with van der Waals surface area (Å²) in [5, 5.41) is 1.51. The van der Waals surface area contributed by atoms with Crippen molar-refractivity contribution in [1.82, 2.24) is 0 Å². The van der Waals surface area contributed by atoms with Crippen molar-refractivity contribution < 1.29 is 4.74 Å². The van der Waals surface area contributed by atoms with Crippen LogP contribution >= 0.6 is 23.2 Å². The van der Waals surface area contributed by atoms with E-state index in [1.165, 1.54) is 22.3 Å². The Balaban J connectivity index is 1.55. The molecule has 0 fully saturated rings. The summed E-state index contributed by atoms with van der Waals surface area (Å²) in [7, 11) is 0. The molecule has 4 aromatic rings. The van der Waals surface area contributed by atoms with E-state index in [9.17, 15) is 0 Å². The number of ether oxygens (including phenoxy) is 1. The van der Waals surface area contributed by atoms with E-state index in [1.54, 1.807) is 0 Å². The molecule has 31 heavy (non-hydrogen) atoms. The minimum atomic E-state index is 0.534. The van der Waals surface area contributed by atoms with Gasteiger partial charge in [0.2, 0.25) is 0 Å². The van der Waals surface area contributed by atoms with Crippen LogP contribution in [0.25, 0.3) is 22.3 Å². The van der Waals surface area contributed by atoms with Crippen LogP contribution in [0, 0.1) is 13.8 Å². The Hall–Kier alpha value is -2.58. The molecule has 0 N–H and O–H groups in total. The van der Waals surface area contributed by atoms with Crippen LogP contribution in [0.2, 0.25) is 10.0 Å². The monoisotopic (exact) mass is 446 g/mol. The van der Waals surface area contributed by atoms with Crippen molar-refractivity contribution in [2.24, 2.45) is 0 Å². The minimum Gasteiger partial charge on any atom is -0.372 e. The Bertz CT molecular complexity index is 1120. The number of benzene rings is 4. The van der Waals surface area contributed by atoms with Gasteiger partial charge in [0.05, 0.1) is 13.2 Å². The topological polar surface area (TPSA) is 9.23 Å². The van der Waals surface area contributed by atoms with E-state index in [0.717, 1.165) is 32.3 Å². The second-order valence-electron chi connectivity index (χ2n) is 7.73. The van der Waals surface area contributed by atoms with E-state index in [1.807, 2.05) is 24.3 Å². The molecule has 4 aromatic carbocycles. The van der Waals surface area contributed by atoms with E-state index >= 15 is 0 Å². The largest absolute Gasteiger partial charge is 0.372 e. The molecule has 0 saturated heterocycles. The Morgan fingerprint density at radius 1 is 0.548 bits per heavy atom. The summed E-state index contributed by atoms with van der Waals surface area (Å²) in [6.45, 7) is 5.24. The van der Waals surface area contributed by atoms with Crippen molar-refractivity contribution in [2.45, 2.75) is 27.1 Å². The van der Waals surface area contributed by atoms with Gasteiger partial charge in [-0.2, -0.15) is 0 Å². The molecule has 3 heteroatoms. The third kappa shape index (κ3) is 5.02. The lowest BCUT2D eigenvalue weighted by molar-refractivity contribution is 0.108. The molecule has 156 valence electrons. The van der Waals surface area contributed by atoms with Crippen LogP contribution in [-0.2, 0) is 18.0 Å². The minimum absolute atomic E-state index is 0.534. The molecule has 0 unspecified atom stereocenters. The molecule has 4 rings (SSSR count). The molecular weight excluding hydrogens is 423 g/mol. The van der Waals surface area contributed by atoms with Gasteiger partial charge in [0.1, 0.15) is 0 Å². The van der Waals surface area contributed by atoms with Gasteiger partial charge in [0.15, 0.2) is 0 Å². The number of halogens is 2. The van der Waals surface area contributed by atoms with Crippen LogP contribution in [0.5, 0.6) is 0 Å². The average Bonchev–Trinajstić information content (AvgIpc) is 2.75. The SMILES string of the molecule is Cc1cc(Cl)ccc1-c1ccccc1COCc1ccccc1-c1ccc(Cl)cc1C. The zero-order chi connectivity index (χ0) is 21.8. The van der Waals surface area contributed by atoms with Crippen molar-refractivity contribution in [3.8, 4) is 22.3 Å². The molecule has 0 bridgehead atoms. The highest BCUT2D eigenvalue weighted by atomic mass is 35.5. The van der Waals surface area contributed by atoms with Gasteiger partial charge in [0.25, 0.3) is 0 Å². The summed E-state index contributed by atoms with van der Waals surface area (Å²) in [5.41, 5.74) is 9.35. The van der Waals surface area contributed by atoms with Crippen LogP contribution in [0.4, 0.5) is 0 Å². The van der Waals surface area contributed by atoms with E-state index < -0.39 is 0 Å². The third-order valence-electron chi connectivity index (χ3n) is 5.51. The van der Waals surface area contributed by atoms with Crippen molar-refractivity contribution in [1.29, 1.82) is 0 Å². The molecule has 0 aliphatic rings. The maximum absolute atomic E-state index is 6.21. The van der Waals surface area contributed by atoms with Gasteiger partial charge in [-0.25, -0.2) is 0 Å². The number of hydrogen-bond donors (Lipinski definition) is 0. The highest BCUT2D eigenvalue weighted by Gasteiger charge is 2.11. The van der Waals surface area contributed by atoms with E-state index in [0.29, 0.717) is 13.2 Å². The fourth-order valence-corrected chi connectivity index (χ4v) is 4.40. The van der Waals surface area contributed by atoms with E-state index in [4.69, 9.17) is 27.9 Å². The Morgan fingerprint density at radius 2 is 0.968 bits per heavy atom. The lowest BCUT2D eigenvalue weighted by Gasteiger charge is -2.15. The first-order chi connectivity index (χ1) is 15.0. The predicted octanol–water partition coefficient (Wildman–Crippen LogP) is 8.66. The molecular formula is C28H24Cl2O. The van der Waals surface area contributed by atoms with E-state index in [2.05, 4.69) is 74.5 Å². The zero-order valence-electron chi connectivity index (χ0n) is 17.7. The highest BCUT2D eigenvalue weighted by molar-refractivity contribution is 6.31. The van der Waals surface area contributed by atoms with Crippen molar-refractivity contribution in [3.63, 3.8) is 0 Å². The van der Waals surface area contributed by atoms with Gasteiger partial charge in [-0.05, 0) is 82.6 Å². The van der Waals surface area contributed by atoms with E-state index in [-0.39, 0.29) is 0 Å². The molecule has 1 nitrogen and oxygen atoms in total. The molecule has 0 saturated carbocycles. The number of hydrogen-bond acceptors (Lipinski definition) is 1. The summed E-state index contributed by atoms with van der Waals surface area (Å²) >= 11 is 12.3. The lowest BCUT2D eigenvalue weighted by Crippen LogP contribution is -1.99. The predicted molar refractivity (Wildman–Crippen MR) is 132 cm³/mol. The van der Waals surface area contributed by atoms with Crippen LogP contribution in [0.1, 0.15) is 22.3 Å². The first kappa shape index (κ1) is 21.6. The van der Waals surface area contributed by atoms with Gasteiger partial charge < -0.3 is 4.74 Å². The third-order valence-corrected chi connectivity index (χ3v) is 5.98. The molecule has 0 amide bonds. The fraction of sp³-hybridized carbons (Fsp3) is 0.143. The molecule has 0 aliphatic heterocycles. The lowest BCUT2D eigenvalue weighted by atomic mass is 9.96. The van der Waals surface area contributed by atoms with Gasteiger partial charge in [0, 0.05) is 10.0 Å². The fourth-order valence-electron chi connectivity index (χ4n) is 3.95. The maximum atomic E-state index is 6.21. The second-order valence-corrected chi connectivity index (χ2v) is 8.60. The van der Waals surface area contributed by atoms with Crippen LogP contribution in [-0.4, -0.2) is 0 Å². The number of aryl methyl sites for hydroxylation is 2. The molecule has 0 heterocycles. The quantitative estimate of drug-likeness (QED) is 0.287. The Morgan fingerprint density at radius 3 is 1.39 bits per heavy atom. The van der Waals surface area contributed by atoms with Crippen molar-refractivity contribution >= 4 is 23.2 Å². The molecule has 0 atom stereocenters. The second kappa shape index (κ2) is 9.70. The van der Waals surface area contributed by atoms with Crippen molar-refractivity contribution in [3.05, 3.63) is 117 Å². The Labute approximate surface area is 194 Å². The first-order valence-electron chi connectivity index (χ1n) is 10.3. The van der Waals surface area contributed by atoms with Crippen LogP contribution < -0.4 is 0 Å². The number of rotatable bonds is 6. The summed E-state index contributed by atoms with van der Waals surface area (Å²) in [6, 6.07) is 28.8. The standard InChI is InChI=1S/C28H24Cl2O/c1-19-15-23(29)11-13-25(19)27-9-5-3-7-21(27)17-31-18-22-8-4-6-10-28(22)26-14-12-24(30)16-20(26)2/h3-16H,17-18H2,1-2H3. The van der Waals surface area contributed by atoms with Crippen LogP contribution in [0.3, 0.4) is 0 Å². The average molecular weight is 447 g/mol. The summed E-state index contributed by atoms with van der Waals surface area (Å²) in [5.74, 6) is 0. The summed E-state index contributed by atoms with van der Waals surface area (Å²) < 4.78 is 6.21. The molecule has 0 spiro atoms. The molecule has 0 aliphatic carbocycles. The van der Waals surface area contributed by atoms with Crippen LogP contribution in [0.15, 0.2) is 84.9 Å². The smallest absolute Gasteiger partial charge is 0.0727 e. The van der Waals surface area contributed by atoms with Gasteiger partial charge in [-0.1, -0.05) is 83.9 Å². The van der Waals surface area contributed by atoms with Crippen molar-refractivity contribution in [2.75, 3.05) is 0 Å². The Kier molecular flexibility index (Phi) is 6.77. The normalized spacial score (nSPS) is 11.0.